The molecule has 1 aliphatic heterocycles. The van der Waals surface area contributed by atoms with E-state index < -0.39 is 6.17 Å². The van der Waals surface area contributed by atoms with Crippen molar-refractivity contribution in [3.8, 4) is 0 Å². The summed E-state index contributed by atoms with van der Waals surface area (Å²) in [6.07, 6.45) is 3.61. The van der Waals surface area contributed by atoms with Crippen LogP contribution < -0.4 is 4.90 Å². The summed E-state index contributed by atoms with van der Waals surface area (Å²) >= 11 is 0. The van der Waals surface area contributed by atoms with Gasteiger partial charge >= 0.3 is 0 Å². The number of nitrogens with zero attached hydrogens (tertiary/aromatic N) is 3. The van der Waals surface area contributed by atoms with E-state index in [2.05, 4.69) is 4.98 Å². The van der Waals surface area contributed by atoms with Crippen molar-refractivity contribution in [2.24, 2.45) is 0 Å². The Bertz CT molecular complexity index is 342. The second kappa shape index (κ2) is 4.25. The predicted octanol–water partition coefficient (Wildman–Crippen LogP) is 1.67. The van der Waals surface area contributed by atoms with Crippen LogP contribution in [0, 0.1) is 10.1 Å². The highest BCUT2D eigenvalue weighted by Gasteiger charge is 2.31. The second-order valence-corrected chi connectivity index (χ2v) is 3.64. The molecule has 0 radical (unpaired) electrons. The number of piperidine rings is 1. The average Bonchev–Trinajstić information content (AvgIpc) is 2.30. The molecule has 0 aliphatic carbocycles. The van der Waals surface area contributed by atoms with Crippen LogP contribution in [0.2, 0.25) is 0 Å². The molecule has 2 heterocycles. The van der Waals surface area contributed by atoms with E-state index >= 15 is 0 Å². The molecule has 80 valence electrons. The maximum Gasteiger partial charge on any atom is 0.288 e. The van der Waals surface area contributed by atoms with Crippen LogP contribution in [0.1, 0.15) is 19.3 Å². The van der Waals surface area contributed by atoms with Crippen LogP contribution >= 0.6 is 0 Å². The normalized spacial score (nSPS) is 21.3. The number of pyridine rings is 1. The Balaban J connectivity index is 2.22. The summed E-state index contributed by atoms with van der Waals surface area (Å²) in [4.78, 5) is 16.6. The summed E-state index contributed by atoms with van der Waals surface area (Å²) in [7, 11) is 0. The lowest BCUT2D eigenvalue weighted by Gasteiger charge is -2.30. The highest BCUT2D eigenvalue weighted by molar-refractivity contribution is 5.38. The molecular formula is C10H13N3O2. The molecule has 1 fully saturated rings. The van der Waals surface area contributed by atoms with Crippen molar-refractivity contribution in [2.75, 3.05) is 11.4 Å². The first-order valence-corrected chi connectivity index (χ1v) is 5.10. The molecule has 0 bridgehead atoms. The van der Waals surface area contributed by atoms with E-state index in [4.69, 9.17) is 0 Å². The Kier molecular flexibility index (Phi) is 2.80. The maximum absolute atomic E-state index is 10.9. The van der Waals surface area contributed by atoms with E-state index in [1.54, 1.807) is 11.1 Å². The minimum atomic E-state index is -0.603. The van der Waals surface area contributed by atoms with E-state index in [-0.39, 0.29) is 4.92 Å². The van der Waals surface area contributed by atoms with E-state index in [0.717, 1.165) is 19.4 Å². The molecule has 1 aromatic rings. The van der Waals surface area contributed by atoms with Gasteiger partial charge < -0.3 is 0 Å². The number of hydrogen-bond donors (Lipinski definition) is 0. The fourth-order valence-electron chi connectivity index (χ4n) is 1.92. The van der Waals surface area contributed by atoms with Gasteiger partial charge in [0.25, 0.3) is 6.17 Å². The monoisotopic (exact) mass is 207 g/mol. The molecule has 1 aromatic heterocycles. The molecule has 0 aromatic carbocycles. The quantitative estimate of drug-likeness (QED) is 0.546. The van der Waals surface area contributed by atoms with Gasteiger partial charge in [0.1, 0.15) is 5.82 Å². The molecule has 2 rings (SSSR count). The minimum Gasteiger partial charge on any atom is -0.294 e. The van der Waals surface area contributed by atoms with Crippen LogP contribution in [0.5, 0.6) is 0 Å². The standard InChI is InChI=1S/C10H13N3O2/c14-13(15)10-6-2-4-8-12(10)9-5-1-3-7-11-9/h1,3,5,7,10H,2,4,6,8H2. The van der Waals surface area contributed by atoms with Gasteiger partial charge in [-0.3, -0.25) is 15.0 Å². The van der Waals surface area contributed by atoms with Crippen molar-refractivity contribution in [1.29, 1.82) is 0 Å². The van der Waals surface area contributed by atoms with Gasteiger partial charge in [0.2, 0.25) is 0 Å². The van der Waals surface area contributed by atoms with Gasteiger partial charge in [0, 0.05) is 24.1 Å². The molecule has 5 heteroatoms. The average molecular weight is 207 g/mol. The Hall–Kier alpha value is -1.65. The van der Waals surface area contributed by atoms with E-state index in [0.29, 0.717) is 12.2 Å². The van der Waals surface area contributed by atoms with E-state index in [1.165, 1.54) is 0 Å². The first kappa shape index (κ1) is 9.89. The van der Waals surface area contributed by atoms with Crippen molar-refractivity contribution in [3.63, 3.8) is 0 Å². The third-order valence-corrected chi connectivity index (χ3v) is 2.66. The molecule has 0 spiro atoms. The Morgan fingerprint density at radius 1 is 1.47 bits per heavy atom. The third kappa shape index (κ3) is 2.06. The lowest BCUT2D eigenvalue weighted by Crippen LogP contribution is -2.44. The molecule has 1 atom stereocenters. The number of anilines is 1. The minimum absolute atomic E-state index is 0.214. The van der Waals surface area contributed by atoms with E-state index in [9.17, 15) is 10.1 Å². The van der Waals surface area contributed by atoms with Gasteiger partial charge in [-0.2, -0.15) is 0 Å². The summed E-state index contributed by atoms with van der Waals surface area (Å²) in [5.74, 6) is 0.707. The summed E-state index contributed by atoms with van der Waals surface area (Å²) in [6.45, 7) is 0.725. The van der Waals surface area contributed by atoms with Crippen molar-refractivity contribution in [3.05, 3.63) is 34.5 Å². The molecule has 15 heavy (non-hydrogen) atoms. The lowest BCUT2D eigenvalue weighted by molar-refractivity contribution is -0.524. The van der Waals surface area contributed by atoms with Crippen molar-refractivity contribution in [1.82, 2.24) is 4.98 Å². The smallest absolute Gasteiger partial charge is 0.288 e. The molecule has 5 nitrogen and oxygen atoms in total. The number of rotatable bonds is 2. The molecule has 1 saturated heterocycles. The summed E-state index contributed by atoms with van der Waals surface area (Å²) in [5, 5.41) is 10.9. The van der Waals surface area contributed by atoms with Gasteiger partial charge in [-0.25, -0.2) is 4.98 Å². The van der Waals surface area contributed by atoms with Crippen LogP contribution in [-0.4, -0.2) is 22.6 Å². The first-order valence-electron chi connectivity index (χ1n) is 5.10. The molecule has 0 amide bonds. The third-order valence-electron chi connectivity index (χ3n) is 2.66. The van der Waals surface area contributed by atoms with Gasteiger partial charge in [-0.05, 0) is 25.0 Å². The van der Waals surface area contributed by atoms with Crippen molar-refractivity contribution >= 4 is 5.82 Å². The number of nitro groups is 1. The van der Waals surface area contributed by atoms with Crippen molar-refractivity contribution in [2.45, 2.75) is 25.4 Å². The summed E-state index contributed by atoms with van der Waals surface area (Å²) in [6, 6.07) is 5.49. The molecule has 1 aliphatic rings. The molecule has 0 saturated carbocycles. The zero-order chi connectivity index (χ0) is 10.7. The highest BCUT2D eigenvalue weighted by Crippen LogP contribution is 2.22. The van der Waals surface area contributed by atoms with Gasteiger partial charge in [-0.1, -0.05) is 6.07 Å². The fraction of sp³-hybridized carbons (Fsp3) is 0.500. The van der Waals surface area contributed by atoms with Crippen LogP contribution in [0.4, 0.5) is 5.82 Å². The molecule has 0 N–H and O–H groups in total. The Labute approximate surface area is 87.9 Å². The van der Waals surface area contributed by atoms with Crippen molar-refractivity contribution < 1.29 is 4.92 Å². The first-order chi connectivity index (χ1) is 7.29. The zero-order valence-corrected chi connectivity index (χ0v) is 8.37. The van der Waals surface area contributed by atoms with Crippen LogP contribution in [0.3, 0.4) is 0 Å². The lowest BCUT2D eigenvalue weighted by atomic mass is 10.1. The Morgan fingerprint density at radius 3 is 3.00 bits per heavy atom. The molecule has 1 unspecified atom stereocenters. The van der Waals surface area contributed by atoms with Crippen LogP contribution in [0.25, 0.3) is 0 Å². The van der Waals surface area contributed by atoms with E-state index in [1.807, 2.05) is 18.2 Å². The number of hydrogen-bond acceptors (Lipinski definition) is 4. The van der Waals surface area contributed by atoms with Gasteiger partial charge in [0.05, 0.1) is 0 Å². The number of aromatic nitrogens is 1. The largest absolute Gasteiger partial charge is 0.294 e. The summed E-state index contributed by atoms with van der Waals surface area (Å²) < 4.78 is 0. The SMILES string of the molecule is O=[N+]([O-])C1CCCCN1c1ccccn1. The van der Waals surface area contributed by atoms with Crippen LogP contribution in [-0.2, 0) is 0 Å². The Morgan fingerprint density at radius 2 is 2.33 bits per heavy atom. The second-order valence-electron chi connectivity index (χ2n) is 3.64. The molecular weight excluding hydrogens is 194 g/mol. The maximum atomic E-state index is 10.9. The van der Waals surface area contributed by atoms with Gasteiger partial charge in [0.15, 0.2) is 0 Å². The van der Waals surface area contributed by atoms with Gasteiger partial charge in [-0.15, -0.1) is 0 Å². The van der Waals surface area contributed by atoms with Crippen LogP contribution in [0.15, 0.2) is 24.4 Å². The predicted molar refractivity (Wildman–Crippen MR) is 56.2 cm³/mol. The zero-order valence-electron chi connectivity index (χ0n) is 8.37. The summed E-state index contributed by atoms with van der Waals surface area (Å²) in [5.41, 5.74) is 0. The topological polar surface area (TPSA) is 59.3 Å². The fourth-order valence-corrected chi connectivity index (χ4v) is 1.92. The highest BCUT2D eigenvalue weighted by atomic mass is 16.6.